The number of benzene rings is 1. The highest BCUT2D eigenvalue weighted by Crippen LogP contribution is 2.31. The fourth-order valence-electron chi connectivity index (χ4n) is 4.93. The Labute approximate surface area is 175 Å². The molecule has 0 radical (unpaired) electrons. The zero-order valence-corrected chi connectivity index (χ0v) is 17.8. The summed E-state index contributed by atoms with van der Waals surface area (Å²) in [6.07, 6.45) is 10.6. The molecule has 1 aliphatic heterocycles. The first-order valence-electron chi connectivity index (χ1n) is 11.4. The zero-order valence-electron chi connectivity index (χ0n) is 17.8. The molecule has 4 heteroatoms. The summed E-state index contributed by atoms with van der Waals surface area (Å²) >= 11 is 0. The van der Waals surface area contributed by atoms with Crippen LogP contribution < -0.4 is 10.1 Å². The van der Waals surface area contributed by atoms with Crippen LogP contribution in [0.3, 0.4) is 0 Å². The van der Waals surface area contributed by atoms with Crippen molar-refractivity contribution in [3.63, 3.8) is 0 Å². The highest BCUT2D eigenvalue weighted by molar-refractivity contribution is 5.37. The second kappa shape index (κ2) is 10.1. The lowest BCUT2D eigenvalue weighted by Crippen LogP contribution is -2.43. The normalized spacial score (nSPS) is 21.1. The van der Waals surface area contributed by atoms with Gasteiger partial charge in [-0.2, -0.15) is 0 Å². The molecule has 2 aliphatic rings. The van der Waals surface area contributed by atoms with E-state index in [1.54, 1.807) is 7.11 Å². The third kappa shape index (κ3) is 5.51. The smallest absolute Gasteiger partial charge is 0.126 e. The Hall–Kier alpha value is -2.07. The van der Waals surface area contributed by atoms with E-state index in [0.29, 0.717) is 5.92 Å². The summed E-state index contributed by atoms with van der Waals surface area (Å²) in [5.41, 5.74) is 2.57. The molecule has 2 heterocycles. The number of pyridine rings is 1. The summed E-state index contributed by atoms with van der Waals surface area (Å²) in [7, 11) is 1.70. The fraction of sp³-hybridized carbons (Fsp3) is 0.560. The first kappa shape index (κ1) is 20.2. The van der Waals surface area contributed by atoms with Crippen LogP contribution in [0, 0.1) is 0 Å². The Morgan fingerprint density at radius 1 is 1.00 bits per heavy atom. The monoisotopic (exact) mass is 393 g/mol. The van der Waals surface area contributed by atoms with Crippen molar-refractivity contribution in [2.75, 3.05) is 32.1 Å². The maximum Gasteiger partial charge on any atom is 0.126 e. The van der Waals surface area contributed by atoms with Gasteiger partial charge in [0.15, 0.2) is 0 Å². The van der Waals surface area contributed by atoms with Crippen molar-refractivity contribution in [2.24, 2.45) is 0 Å². The summed E-state index contributed by atoms with van der Waals surface area (Å²) in [6, 6.07) is 15.6. The van der Waals surface area contributed by atoms with Gasteiger partial charge in [-0.05, 0) is 68.5 Å². The minimum Gasteiger partial charge on any atom is -0.497 e. The molecule has 1 saturated carbocycles. The second-order valence-corrected chi connectivity index (χ2v) is 8.60. The van der Waals surface area contributed by atoms with Crippen molar-refractivity contribution in [1.82, 2.24) is 9.88 Å². The molecule has 29 heavy (non-hydrogen) atoms. The molecule has 1 aromatic carbocycles. The van der Waals surface area contributed by atoms with E-state index in [2.05, 4.69) is 40.5 Å². The van der Waals surface area contributed by atoms with Gasteiger partial charge in [-0.15, -0.1) is 0 Å². The summed E-state index contributed by atoms with van der Waals surface area (Å²) in [6.45, 7) is 3.36. The van der Waals surface area contributed by atoms with Crippen LogP contribution in [0.5, 0.6) is 5.75 Å². The van der Waals surface area contributed by atoms with Crippen molar-refractivity contribution < 1.29 is 4.74 Å². The number of hydrogen-bond donors (Lipinski definition) is 1. The van der Waals surface area contributed by atoms with E-state index in [1.165, 1.54) is 69.3 Å². The number of likely N-dealkylation sites (tertiary alicyclic amines) is 1. The molecule has 2 fully saturated rings. The van der Waals surface area contributed by atoms with E-state index in [-0.39, 0.29) is 0 Å². The van der Waals surface area contributed by atoms with E-state index in [4.69, 9.17) is 9.72 Å². The van der Waals surface area contributed by atoms with Crippen LogP contribution in [-0.2, 0) is 6.42 Å². The molecule has 0 amide bonds. The van der Waals surface area contributed by atoms with Gasteiger partial charge in [0.05, 0.1) is 7.11 Å². The molecule has 1 aliphatic carbocycles. The second-order valence-electron chi connectivity index (χ2n) is 8.60. The first-order chi connectivity index (χ1) is 14.3. The number of piperidine rings is 1. The van der Waals surface area contributed by atoms with Gasteiger partial charge in [0.25, 0.3) is 0 Å². The maximum absolute atomic E-state index is 5.23. The van der Waals surface area contributed by atoms with E-state index in [9.17, 15) is 0 Å². The number of ether oxygens (including phenoxy) is 1. The Bertz CT molecular complexity index is 755. The van der Waals surface area contributed by atoms with E-state index in [1.807, 2.05) is 12.1 Å². The summed E-state index contributed by atoms with van der Waals surface area (Å²) in [5, 5.41) is 3.52. The number of aromatic nitrogens is 1. The van der Waals surface area contributed by atoms with Crippen molar-refractivity contribution in [2.45, 2.75) is 63.3 Å². The van der Waals surface area contributed by atoms with Gasteiger partial charge in [0, 0.05) is 30.7 Å². The molecule has 0 spiro atoms. The quantitative estimate of drug-likeness (QED) is 0.696. The predicted molar refractivity (Wildman–Crippen MR) is 120 cm³/mol. The number of nitrogens with zero attached hydrogens (tertiary/aromatic N) is 2. The summed E-state index contributed by atoms with van der Waals surface area (Å²) in [4.78, 5) is 7.74. The highest BCUT2D eigenvalue weighted by atomic mass is 16.5. The number of methoxy groups -OCH3 is 1. The number of rotatable bonds is 7. The lowest BCUT2D eigenvalue weighted by atomic mass is 9.89. The fourth-order valence-corrected chi connectivity index (χ4v) is 4.93. The summed E-state index contributed by atoms with van der Waals surface area (Å²) in [5.74, 6) is 2.49. The third-order valence-corrected chi connectivity index (χ3v) is 6.61. The molecule has 1 saturated heterocycles. The Morgan fingerprint density at radius 2 is 1.83 bits per heavy atom. The minimum absolute atomic E-state index is 0.578. The van der Waals surface area contributed by atoms with E-state index < -0.39 is 0 Å². The topological polar surface area (TPSA) is 37.4 Å². The average Bonchev–Trinajstić information content (AvgIpc) is 2.80. The summed E-state index contributed by atoms with van der Waals surface area (Å²) < 4.78 is 5.23. The Balaban J connectivity index is 1.31. The molecule has 1 N–H and O–H groups in total. The largest absolute Gasteiger partial charge is 0.497 e. The molecule has 2 aromatic rings. The van der Waals surface area contributed by atoms with Crippen LogP contribution in [0.15, 0.2) is 42.5 Å². The highest BCUT2D eigenvalue weighted by Gasteiger charge is 2.28. The maximum atomic E-state index is 5.23. The number of anilines is 1. The van der Waals surface area contributed by atoms with Crippen LogP contribution in [0.1, 0.15) is 62.1 Å². The zero-order chi connectivity index (χ0) is 19.9. The van der Waals surface area contributed by atoms with Gasteiger partial charge < -0.3 is 10.1 Å². The van der Waals surface area contributed by atoms with Gasteiger partial charge in [-0.1, -0.05) is 37.5 Å². The van der Waals surface area contributed by atoms with Gasteiger partial charge >= 0.3 is 0 Å². The van der Waals surface area contributed by atoms with Gasteiger partial charge in [0.1, 0.15) is 11.6 Å². The molecule has 4 nitrogen and oxygen atoms in total. The molecule has 156 valence electrons. The SMILES string of the molecule is COc1ccc(CCNc2cccc([C@H]3CCCN(C4CCCCC4)C3)n2)cc1. The number of hydrogen-bond acceptors (Lipinski definition) is 4. The molecular weight excluding hydrogens is 358 g/mol. The van der Waals surface area contributed by atoms with Gasteiger partial charge in [-0.25, -0.2) is 4.98 Å². The van der Waals surface area contributed by atoms with E-state index >= 15 is 0 Å². The predicted octanol–water partition coefficient (Wildman–Crippen LogP) is 5.26. The van der Waals surface area contributed by atoms with Gasteiger partial charge in [-0.3, -0.25) is 4.90 Å². The Kier molecular flexibility index (Phi) is 7.04. The lowest BCUT2D eigenvalue weighted by Gasteiger charge is -2.40. The first-order valence-corrected chi connectivity index (χ1v) is 11.4. The van der Waals surface area contributed by atoms with Crippen LogP contribution >= 0.6 is 0 Å². The van der Waals surface area contributed by atoms with Crippen molar-refractivity contribution in [1.29, 1.82) is 0 Å². The van der Waals surface area contributed by atoms with Gasteiger partial charge in [0.2, 0.25) is 0 Å². The molecule has 0 unspecified atom stereocenters. The standard InChI is InChI=1S/C25H35N3O/c1-29-23-14-12-20(13-15-23)16-17-26-25-11-5-10-24(27-25)21-7-6-18-28(19-21)22-8-3-2-4-9-22/h5,10-15,21-22H,2-4,6-9,16-19H2,1H3,(H,26,27)/t21-/m0/s1. The van der Waals surface area contributed by atoms with Crippen LogP contribution in [0.2, 0.25) is 0 Å². The van der Waals surface area contributed by atoms with Crippen molar-refractivity contribution >= 4 is 5.82 Å². The van der Waals surface area contributed by atoms with Crippen LogP contribution in [0.25, 0.3) is 0 Å². The van der Waals surface area contributed by atoms with Crippen LogP contribution in [-0.4, -0.2) is 42.7 Å². The number of nitrogens with one attached hydrogen (secondary N) is 1. The third-order valence-electron chi connectivity index (χ3n) is 6.61. The molecule has 4 rings (SSSR count). The molecular formula is C25H35N3O. The Morgan fingerprint density at radius 3 is 2.62 bits per heavy atom. The van der Waals surface area contributed by atoms with Crippen molar-refractivity contribution in [3.8, 4) is 5.75 Å². The molecule has 1 aromatic heterocycles. The van der Waals surface area contributed by atoms with Crippen LogP contribution in [0.4, 0.5) is 5.82 Å². The molecule has 0 bridgehead atoms. The lowest BCUT2D eigenvalue weighted by molar-refractivity contribution is 0.118. The minimum atomic E-state index is 0.578. The van der Waals surface area contributed by atoms with Crippen molar-refractivity contribution in [3.05, 3.63) is 53.7 Å². The van der Waals surface area contributed by atoms with E-state index in [0.717, 1.165) is 30.6 Å². The average molecular weight is 394 g/mol. The molecule has 1 atom stereocenters.